The second kappa shape index (κ2) is 8.08. The molecule has 6 heteroatoms. The van der Waals surface area contributed by atoms with Crippen LogP contribution in [0.1, 0.15) is 68.2 Å². The van der Waals surface area contributed by atoms with Gasteiger partial charge in [-0.15, -0.1) is 0 Å². The van der Waals surface area contributed by atoms with E-state index in [2.05, 4.69) is 45.3 Å². The van der Waals surface area contributed by atoms with E-state index in [0.717, 1.165) is 66.5 Å². The first-order valence-corrected chi connectivity index (χ1v) is 11.6. The lowest BCUT2D eigenvalue weighted by molar-refractivity contribution is -0.131. The minimum atomic E-state index is -1.00. The van der Waals surface area contributed by atoms with Gasteiger partial charge in [0.05, 0.1) is 7.11 Å². The van der Waals surface area contributed by atoms with Gasteiger partial charge in [-0.3, -0.25) is 4.79 Å². The number of hydrogen-bond acceptors (Lipinski definition) is 3. The molecule has 0 saturated carbocycles. The summed E-state index contributed by atoms with van der Waals surface area (Å²) in [5.74, 6) is -0.251. The van der Waals surface area contributed by atoms with Crippen LogP contribution in [0.2, 0.25) is 0 Å². The smallest absolute Gasteiger partial charge is 0.328 e. The molecule has 0 saturated heterocycles. The molecule has 1 N–H and O–H groups in total. The quantitative estimate of drug-likeness (QED) is 0.666. The number of methoxy groups -OCH3 is 1. The van der Waals surface area contributed by atoms with Gasteiger partial charge in [0.2, 0.25) is 0 Å². The van der Waals surface area contributed by atoms with Crippen molar-refractivity contribution >= 4 is 18.0 Å². The molecular formula is C27H34N2O4. The molecule has 2 aromatic rings. The fourth-order valence-electron chi connectivity index (χ4n) is 5.12. The van der Waals surface area contributed by atoms with Gasteiger partial charge in [-0.05, 0) is 80.9 Å². The lowest BCUT2D eigenvalue weighted by Crippen LogP contribution is -2.49. The van der Waals surface area contributed by atoms with E-state index in [4.69, 9.17) is 9.84 Å². The number of amides is 1. The standard InChI is InChI=1S/C27H34N2O4/c1-26(2,3)29-12-10-27(4,5)16-19-14-21-20-13-18(7-8-23(30)31)22(33-6)15-17(20)9-11-28(21)24(19)25(29)32/h7-8,13-15H,9-12,16H2,1-6H3,(H,30,31)/b8-7+. The van der Waals surface area contributed by atoms with Crippen LogP contribution in [0.15, 0.2) is 24.3 Å². The number of aromatic nitrogens is 1. The number of ether oxygens (including phenoxy) is 1. The van der Waals surface area contributed by atoms with Crippen molar-refractivity contribution in [1.82, 2.24) is 9.47 Å². The maximum absolute atomic E-state index is 13.8. The van der Waals surface area contributed by atoms with E-state index in [1.807, 2.05) is 17.0 Å². The Morgan fingerprint density at radius 2 is 1.88 bits per heavy atom. The Hall–Kier alpha value is -3.02. The number of hydrogen-bond donors (Lipinski definition) is 1. The Balaban J connectivity index is 1.90. The molecule has 2 aliphatic heterocycles. The summed E-state index contributed by atoms with van der Waals surface area (Å²) < 4.78 is 7.71. The number of rotatable bonds is 3. The van der Waals surface area contributed by atoms with E-state index in [-0.39, 0.29) is 16.9 Å². The van der Waals surface area contributed by atoms with Crippen molar-refractivity contribution in [1.29, 1.82) is 0 Å². The van der Waals surface area contributed by atoms with Crippen LogP contribution in [0, 0.1) is 5.41 Å². The third-order valence-corrected chi connectivity index (χ3v) is 6.86. The number of aliphatic carboxylic acids is 1. The molecule has 0 bridgehead atoms. The summed E-state index contributed by atoms with van der Waals surface area (Å²) in [6.07, 6.45) is 5.28. The SMILES string of the molecule is COc1cc2c(cc1/C=C/C(=O)O)-c1cc3c(n1CC2)C(=O)N(C(C)(C)C)CCC(C)(C)C3. The van der Waals surface area contributed by atoms with Gasteiger partial charge in [-0.1, -0.05) is 13.8 Å². The van der Waals surface area contributed by atoms with Crippen molar-refractivity contribution < 1.29 is 19.4 Å². The molecule has 0 fully saturated rings. The first-order valence-electron chi connectivity index (χ1n) is 11.6. The predicted molar refractivity (Wildman–Crippen MR) is 130 cm³/mol. The molecule has 1 aromatic heterocycles. The summed E-state index contributed by atoms with van der Waals surface area (Å²) >= 11 is 0. The fraction of sp³-hybridized carbons (Fsp3) is 0.481. The van der Waals surface area contributed by atoms with Crippen LogP contribution < -0.4 is 4.74 Å². The average molecular weight is 451 g/mol. The number of carboxylic acids is 1. The molecule has 176 valence electrons. The lowest BCUT2D eigenvalue weighted by atomic mass is 9.80. The van der Waals surface area contributed by atoms with Gasteiger partial charge in [0.1, 0.15) is 11.4 Å². The maximum atomic E-state index is 13.8. The monoisotopic (exact) mass is 450 g/mol. The van der Waals surface area contributed by atoms with E-state index < -0.39 is 5.97 Å². The number of carboxylic acid groups (broad SMARTS) is 1. The fourth-order valence-corrected chi connectivity index (χ4v) is 5.12. The summed E-state index contributed by atoms with van der Waals surface area (Å²) in [5, 5.41) is 9.09. The summed E-state index contributed by atoms with van der Waals surface area (Å²) in [5.41, 5.74) is 5.63. The molecule has 33 heavy (non-hydrogen) atoms. The Bertz CT molecular complexity index is 1150. The zero-order valence-corrected chi connectivity index (χ0v) is 20.5. The molecule has 0 spiro atoms. The highest BCUT2D eigenvalue weighted by Gasteiger charge is 2.37. The van der Waals surface area contributed by atoms with Crippen molar-refractivity contribution in [2.75, 3.05) is 13.7 Å². The van der Waals surface area contributed by atoms with E-state index in [1.165, 1.54) is 0 Å². The van der Waals surface area contributed by atoms with E-state index in [9.17, 15) is 9.59 Å². The molecule has 0 atom stereocenters. The first kappa shape index (κ1) is 23.1. The Morgan fingerprint density at radius 1 is 1.15 bits per heavy atom. The number of carbonyl (C=O) groups is 2. The number of benzene rings is 1. The molecule has 1 amide bonds. The van der Waals surface area contributed by atoms with Crippen molar-refractivity contribution in [3.05, 3.63) is 46.7 Å². The Morgan fingerprint density at radius 3 is 2.52 bits per heavy atom. The summed E-state index contributed by atoms with van der Waals surface area (Å²) in [4.78, 5) is 27.0. The number of carbonyl (C=O) groups excluding carboxylic acids is 1. The van der Waals surface area contributed by atoms with Crippen LogP contribution >= 0.6 is 0 Å². The van der Waals surface area contributed by atoms with Gasteiger partial charge in [-0.25, -0.2) is 4.79 Å². The molecule has 6 nitrogen and oxygen atoms in total. The maximum Gasteiger partial charge on any atom is 0.328 e. The predicted octanol–water partition coefficient (Wildman–Crippen LogP) is 5.03. The second-order valence-corrected chi connectivity index (χ2v) is 10.9. The van der Waals surface area contributed by atoms with Crippen molar-refractivity contribution in [2.45, 2.75) is 66.0 Å². The molecule has 2 aliphatic rings. The highest BCUT2D eigenvalue weighted by molar-refractivity contribution is 5.97. The molecule has 0 aliphatic carbocycles. The number of aryl methyl sites for hydroxylation is 1. The minimum absolute atomic E-state index is 0.0780. The van der Waals surface area contributed by atoms with E-state index in [1.54, 1.807) is 13.2 Å². The van der Waals surface area contributed by atoms with Gasteiger partial charge in [0.15, 0.2) is 0 Å². The van der Waals surface area contributed by atoms with Crippen LogP contribution in [-0.2, 0) is 24.2 Å². The highest BCUT2D eigenvalue weighted by Crippen LogP contribution is 2.41. The minimum Gasteiger partial charge on any atom is -0.496 e. The lowest BCUT2D eigenvalue weighted by Gasteiger charge is -2.40. The molecule has 4 rings (SSSR count). The Kier molecular flexibility index (Phi) is 5.67. The van der Waals surface area contributed by atoms with Crippen LogP contribution in [0.4, 0.5) is 0 Å². The van der Waals surface area contributed by atoms with Crippen LogP contribution in [0.5, 0.6) is 5.75 Å². The molecule has 1 aromatic carbocycles. The van der Waals surface area contributed by atoms with Crippen molar-refractivity contribution in [3.8, 4) is 17.0 Å². The zero-order valence-electron chi connectivity index (χ0n) is 20.5. The largest absolute Gasteiger partial charge is 0.496 e. The number of nitrogens with zero attached hydrogens (tertiary/aromatic N) is 2. The highest BCUT2D eigenvalue weighted by atomic mass is 16.5. The van der Waals surface area contributed by atoms with Crippen LogP contribution in [0.3, 0.4) is 0 Å². The van der Waals surface area contributed by atoms with Gasteiger partial charge in [0.25, 0.3) is 5.91 Å². The van der Waals surface area contributed by atoms with Gasteiger partial charge < -0.3 is 19.3 Å². The third kappa shape index (κ3) is 4.31. The normalized spacial score (nSPS) is 17.8. The number of fused-ring (bicyclic) bond motifs is 5. The summed E-state index contributed by atoms with van der Waals surface area (Å²) in [7, 11) is 1.60. The average Bonchev–Trinajstić information content (AvgIpc) is 3.06. The zero-order chi connectivity index (χ0) is 24.1. The van der Waals surface area contributed by atoms with Crippen molar-refractivity contribution in [2.24, 2.45) is 5.41 Å². The van der Waals surface area contributed by atoms with Crippen LogP contribution in [-0.4, -0.2) is 45.6 Å². The van der Waals surface area contributed by atoms with E-state index in [0.29, 0.717) is 11.3 Å². The molecule has 0 unspecified atom stereocenters. The third-order valence-electron chi connectivity index (χ3n) is 6.86. The van der Waals surface area contributed by atoms with Crippen molar-refractivity contribution in [3.63, 3.8) is 0 Å². The first-order chi connectivity index (χ1) is 15.4. The van der Waals surface area contributed by atoms with Gasteiger partial charge in [0, 0.05) is 41.5 Å². The van der Waals surface area contributed by atoms with Crippen LogP contribution in [0.25, 0.3) is 17.3 Å². The molecule has 0 radical (unpaired) electrons. The summed E-state index contributed by atoms with van der Waals surface area (Å²) in [6.45, 7) is 12.3. The Labute approximate surface area is 195 Å². The second-order valence-electron chi connectivity index (χ2n) is 10.9. The van der Waals surface area contributed by atoms with Gasteiger partial charge in [-0.2, -0.15) is 0 Å². The molecular weight excluding hydrogens is 416 g/mol. The van der Waals surface area contributed by atoms with E-state index >= 15 is 0 Å². The van der Waals surface area contributed by atoms with Gasteiger partial charge >= 0.3 is 5.97 Å². The topological polar surface area (TPSA) is 71.8 Å². The molecule has 3 heterocycles. The summed E-state index contributed by atoms with van der Waals surface area (Å²) in [6, 6.07) is 6.16.